The lowest BCUT2D eigenvalue weighted by molar-refractivity contribution is 0.0704. The minimum atomic E-state index is -0.753. The lowest BCUT2D eigenvalue weighted by Crippen LogP contribution is -2.28. The highest BCUT2D eigenvalue weighted by Gasteiger charge is 2.17. The van der Waals surface area contributed by atoms with Crippen LogP contribution in [0.1, 0.15) is 40.7 Å². The Morgan fingerprint density at radius 1 is 0.967 bits per heavy atom. The summed E-state index contributed by atoms with van der Waals surface area (Å²) >= 11 is 0. The van der Waals surface area contributed by atoms with E-state index in [1.165, 1.54) is 12.1 Å². The fourth-order valence-electron chi connectivity index (χ4n) is 3.03. The number of ether oxygens (including phenoxy) is 1. The third kappa shape index (κ3) is 3.96. The summed E-state index contributed by atoms with van der Waals surface area (Å²) in [5.74, 6) is -0.882. The zero-order chi connectivity index (χ0) is 21.1. The van der Waals surface area contributed by atoms with Gasteiger partial charge in [0.2, 0.25) is 5.76 Å². The van der Waals surface area contributed by atoms with Gasteiger partial charge < -0.3 is 18.9 Å². The average Bonchev–Trinajstić information content (AvgIpc) is 3.18. The van der Waals surface area contributed by atoms with Crippen molar-refractivity contribution < 1.29 is 23.2 Å². The first-order chi connectivity index (χ1) is 14.5. The van der Waals surface area contributed by atoms with Gasteiger partial charge in [0.15, 0.2) is 0 Å². The van der Waals surface area contributed by atoms with Crippen molar-refractivity contribution in [1.29, 1.82) is 0 Å². The van der Waals surface area contributed by atoms with E-state index in [1.54, 1.807) is 24.3 Å². The second-order valence-electron chi connectivity index (χ2n) is 6.79. The number of esters is 1. The molecule has 4 aromatic rings. The third-order valence-corrected chi connectivity index (χ3v) is 4.61. The summed E-state index contributed by atoms with van der Waals surface area (Å²) in [6.07, 6.45) is 1.76. The molecule has 0 bridgehead atoms. The highest BCUT2D eigenvalue weighted by molar-refractivity contribution is 5.97. The molecule has 0 aliphatic carbocycles. The third-order valence-electron chi connectivity index (χ3n) is 4.61. The van der Waals surface area contributed by atoms with Gasteiger partial charge in [-0.1, -0.05) is 31.5 Å². The first-order valence-corrected chi connectivity index (χ1v) is 9.62. The summed E-state index contributed by atoms with van der Waals surface area (Å²) in [6.45, 7) is 2.50. The molecule has 2 heterocycles. The van der Waals surface area contributed by atoms with Gasteiger partial charge in [-0.05, 0) is 36.8 Å². The van der Waals surface area contributed by atoms with Crippen LogP contribution in [0.25, 0.3) is 21.9 Å². The Labute approximate surface area is 171 Å². The molecule has 152 valence electrons. The number of carbonyl (C=O) groups excluding carboxylic acids is 2. The van der Waals surface area contributed by atoms with Crippen LogP contribution in [0.3, 0.4) is 0 Å². The van der Waals surface area contributed by atoms with Crippen molar-refractivity contribution in [3.8, 4) is 5.75 Å². The van der Waals surface area contributed by atoms with Gasteiger partial charge in [-0.15, -0.1) is 0 Å². The van der Waals surface area contributed by atoms with Gasteiger partial charge in [0, 0.05) is 23.4 Å². The van der Waals surface area contributed by atoms with Crippen LogP contribution in [0.15, 0.2) is 68.2 Å². The molecule has 2 aromatic heterocycles. The predicted octanol–water partition coefficient (Wildman–Crippen LogP) is 4.29. The van der Waals surface area contributed by atoms with Gasteiger partial charge >= 0.3 is 11.6 Å². The lowest BCUT2D eigenvalue weighted by atomic mass is 10.1. The number of hydrogen-bond donors (Lipinski definition) is 1. The molecule has 0 fully saturated rings. The van der Waals surface area contributed by atoms with Gasteiger partial charge in [0.05, 0.1) is 0 Å². The van der Waals surface area contributed by atoms with Crippen LogP contribution in [0.5, 0.6) is 5.75 Å². The largest absolute Gasteiger partial charge is 0.449 e. The predicted molar refractivity (Wildman–Crippen MR) is 111 cm³/mol. The van der Waals surface area contributed by atoms with Crippen molar-refractivity contribution in [3.05, 3.63) is 76.3 Å². The van der Waals surface area contributed by atoms with Crippen LogP contribution in [-0.4, -0.2) is 18.4 Å². The molecule has 0 unspecified atom stereocenters. The van der Waals surface area contributed by atoms with Crippen molar-refractivity contribution in [2.24, 2.45) is 0 Å². The van der Waals surface area contributed by atoms with E-state index in [1.807, 2.05) is 25.1 Å². The lowest BCUT2D eigenvalue weighted by Gasteiger charge is -2.06. The van der Waals surface area contributed by atoms with Gasteiger partial charge in [-0.3, -0.25) is 4.79 Å². The Bertz CT molecular complexity index is 1270. The van der Waals surface area contributed by atoms with E-state index in [9.17, 15) is 14.4 Å². The molecular weight excluding hydrogens is 386 g/mol. The van der Waals surface area contributed by atoms with E-state index >= 15 is 0 Å². The van der Waals surface area contributed by atoms with Crippen molar-refractivity contribution in [2.45, 2.75) is 19.8 Å². The maximum Gasteiger partial charge on any atom is 0.379 e. The van der Waals surface area contributed by atoms with E-state index in [0.29, 0.717) is 17.5 Å². The number of hydrogen-bond acceptors (Lipinski definition) is 6. The van der Waals surface area contributed by atoms with Crippen LogP contribution >= 0.6 is 0 Å². The summed E-state index contributed by atoms with van der Waals surface area (Å²) in [5.41, 5.74) is -0.0263. The fourth-order valence-corrected chi connectivity index (χ4v) is 3.03. The van der Waals surface area contributed by atoms with E-state index in [0.717, 1.165) is 18.2 Å². The fraction of sp³-hybridized carbons (Fsp3) is 0.174. The summed E-state index contributed by atoms with van der Waals surface area (Å²) in [7, 11) is 0. The van der Waals surface area contributed by atoms with Crippen molar-refractivity contribution in [1.82, 2.24) is 5.32 Å². The summed E-state index contributed by atoms with van der Waals surface area (Å²) in [4.78, 5) is 36.8. The molecule has 7 heteroatoms. The second kappa shape index (κ2) is 8.24. The first-order valence-electron chi connectivity index (χ1n) is 9.62. The number of furan rings is 1. The molecular formula is C23H19NO6. The average molecular weight is 405 g/mol. The molecule has 0 saturated heterocycles. The van der Waals surface area contributed by atoms with Gasteiger partial charge in [-0.2, -0.15) is 0 Å². The molecule has 30 heavy (non-hydrogen) atoms. The Kier molecular flexibility index (Phi) is 5.34. The first kappa shape index (κ1) is 19.4. The van der Waals surface area contributed by atoms with Gasteiger partial charge in [-0.25, -0.2) is 9.59 Å². The molecule has 0 atom stereocenters. The standard InChI is InChI=1S/C23H19NO6/c1-2-3-10-24-21(25)17-11-15-8-9-16(13-19(15)30-22(17)26)28-23(27)20-12-14-6-4-5-7-18(14)29-20/h4-9,11-13H,2-3,10H2,1H3,(H,24,25). The molecule has 0 aliphatic heterocycles. The van der Waals surface area contributed by atoms with E-state index in [-0.39, 0.29) is 22.7 Å². The Balaban J connectivity index is 1.55. The molecule has 4 rings (SSSR count). The molecule has 0 aliphatic rings. The van der Waals surface area contributed by atoms with E-state index in [2.05, 4.69) is 5.32 Å². The van der Waals surface area contributed by atoms with E-state index in [4.69, 9.17) is 13.6 Å². The zero-order valence-corrected chi connectivity index (χ0v) is 16.3. The van der Waals surface area contributed by atoms with Gasteiger partial charge in [0.1, 0.15) is 22.5 Å². The zero-order valence-electron chi connectivity index (χ0n) is 16.3. The minimum Gasteiger partial charge on any atom is -0.449 e. The Morgan fingerprint density at radius 2 is 1.77 bits per heavy atom. The Hall–Kier alpha value is -3.87. The summed E-state index contributed by atoms with van der Waals surface area (Å²) < 4.78 is 16.1. The number of amides is 1. The van der Waals surface area contributed by atoms with Crippen molar-refractivity contribution >= 4 is 33.8 Å². The number of benzene rings is 2. The van der Waals surface area contributed by atoms with Gasteiger partial charge in [0.25, 0.3) is 5.91 Å². The monoisotopic (exact) mass is 405 g/mol. The van der Waals surface area contributed by atoms with Crippen molar-refractivity contribution in [3.63, 3.8) is 0 Å². The molecule has 1 amide bonds. The Morgan fingerprint density at radius 3 is 2.57 bits per heavy atom. The van der Waals surface area contributed by atoms with Crippen LogP contribution in [0.2, 0.25) is 0 Å². The maximum atomic E-state index is 12.4. The normalized spacial score (nSPS) is 11.0. The van der Waals surface area contributed by atoms with E-state index < -0.39 is 17.5 Å². The number of nitrogens with one attached hydrogen (secondary N) is 1. The quantitative estimate of drug-likeness (QED) is 0.222. The summed E-state index contributed by atoms with van der Waals surface area (Å²) in [5, 5.41) is 4.02. The van der Waals surface area contributed by atoms with Crippen LogP contribution < -0.4 is 15.7 Å². The smallest absolute Gasteiger partial charge is 0.379 e. The maximum absolute atomic E-state index is 12.4. The second-order valence-corrected chi connectivity index (χ2v) is 6.79. The highest BCUT2D eigenvalue weighted by atomic mass is 16.5. The molecule has 2 aromatic carbocycles. The molecule has 0 radical (unpaired) electrons. The van der Waals surface area contributed by atoms with Crippen LogP contribution in [0.4, 0.5) is 0 Å². The summed E-state index contributed by atoms with van der Waals surface area (Å²) in [6, 6.07) is 14.9. The van der Waals surface area contributed by atoms with Crippen LogP contribution in [-0.2, 0) is 0 Å². The number of carbonyl (C=O) groups is 2. The number of unbranched alkanes of at least 4 members (excludes halogenated alkanes) is 1. The number of para-hydroxylation sites is 1. The topological polar surface area (TPSA) is 98.8 Å². The van der Waals surface area contributed by atoms with Crippen molar-refractivity contribution in [2.75, 3.05) is 6.54 Å². The minimum absolute atomic E-state index is 0.0642. The molecule has 1 N–H and O–H groups in total. The highest BCUT2D eigenvalue weighted by Crippen LogP contribution is 2.23. The SMILES string of the molecule is CCCCNC(=O)c1cc2ccc(OC(=O)c3cc4ccccc4o3)cc2oc1=O. The number of rotatable bonds is 6. The van der Waals surface area contributed by atoms with Crippen LogP contribution in [0, 0.1) is 0 Å². The molecule has 7 nitrogen and oxygen atoms in total. The molecule has 0 saturated carbocycles. The number of fused-ring (bicyclic) bond motifs is 2. The molecule has 0 spiro atoms.